The number of rotatable bonds is 10. The molecule has 0 radical (unpaired) electrons. The Morgan fingerprint density at radius 3 is 1.38 bits per heavy atom. The van der Waals surface area contributed by atoms with Crippen LogP contribution in [0.4, 0.5) is 11.6 Å². The Bertz CT molecular complexity index is 1340. The monoisotopic (exact) mass is 518 g/mol. The number of amides is 2. The minimum atomic E-state index is -3.80. The second kappa shape index (κ2) is 11.8. The number of hydrogen-bond acceptors (Lipinski definition) is 8. The standard InChI is InChI=1S/C26H22N4O6S/c31-25(29-23-5-1-3-15-27-23)17-35-19-7-11-21(12-8-19)37(33,34)22-13-9-20(10-14-22)36-18-26(32)30-24-6-2-4-16-28-24/h1-16H,17-18H2,(H,27,29,31)(H,28,30,32). The number of nitrogens with zero attached hydrogens (tertiary/aromatic N) is 2. The summed E-state index contributed by atoms with van der Waals surface area (Å²) >= 11 is 0. The Labute approximate surface area is 213 Å². The fourth-order valence-electron chi connectivity index (χ4n) is 3.10. The summed E-state index contributed by atoms with van der Waals surface area (Å²) in [7, 11) is -3.80. The first-order chi connectivity index (χ1) is 17.9. The van der Waals surface area contributed by atoms with Crippen LogP contribution in [-0.4, -0.2) is 43.4 Å². The summed E-state index contributed by atoms with van der Waals surface area (Å²) in [5, 5.41) is 5.19. The molecular formula is C26H22N4O6S. The van der Waals surface area contributed by atoms with Gasteiger partial charge in [0.05, 0.1) is 9.79 Å². The minimum Gasteiger partial charge on any atom is -0.484 e. The molecule has 2 heterocycles. The maximum Gasteiger partial charge on any atom is 0.263 e. The van der Waals surface area contributed by atoms with E-state index in [1.54, 1.807) is 48.8 Å². The number of hydrogen-bond donors (Lipinski definition) is 2. The number of anilines is 2. The third-order valence-electron chi connectivity index (χ3n) is 4.87. The molecule has 0 aliphatic heterocycles. The quantitative estimate of drug-likeness (QED) is 0.326. The molecule has 0 fully saturated rings. The van der Waals surface area contributed by atoms with Crippen molar-refractivity contribution in [1.29, 1.82) is 0 Å². The van der Waals surface area contributed by atoms with Crippen LogP contribution in [0.1, 0.15) is 0 Å². The summed E-state index contributed by atoms with van der Waals surface area (Å²) < 4.78 is 36.8. The van der Waals surface area contributed by atoms with Gasteiger partial charge in [0, 0.05) is 12.4 Å². The van der Waals surface area contributed by atoms with E-state index in [0.717, 1.165) is 0 Å². The van der Waals surface area contributed by atoms with Crippen molar-refractivity contribution >= 4 is 33.3 Å². The number of carbonyl (C=O) groups excluding carboxylic acids is 2. The van der Waals surface area contributed by atoms with E-state index in [1.165, 1.54) is 48.5 Å². The Kier molecular flexibility index (Phi) is 8.06. The molecule has 0 saturated heterocycles. The second-order valence-electron chi connectivity index (χ2n) is 7.55. The van der Waals surface area contributed by atoms with Crippen molar-refractivity contribution in [3.8, 4) is 11.5 Å². The molecule has 4 rings (SSSR count). The van der Waals surface area contributed by atoms with Gasteiger partial charge in [-0.3, -0.25) is 9.59 Å². The summed E-state index contributed by atoms with van der Waals surface area (Å²) in [5.41, 5.74) is 0. The third kappa shape index (κ3) is 7.12. The molecule has 188 valence electrons. The Hall–Kier alpha value is -4.77. The number of sulfone groups is 1. The summed E-state index contributed by atoms with van der Waals surface area (Å²) in [6.07, 6.45) is 3.11. The molecule has 2 N–H and O–H groups in total. The average Bonchev–Trinajstić information content (AvgIpc) is 2.92. The fraction of sp³-hybridized carbons (Fsp3) is 0.0769. The zero-order chi connectivity index (χ0) is 26.1. The van der Waals surface area contributed by atoms with E-state index >= 15 is 0 Å². The zero-order valence-corrected chi connectivity index (χ0v) is 20.2. The number of carbonyl (C=O) groups is 2. The van der Waals surface area contributed by atoms with Gasteiger partial charge < -0.3 is 20.1 Å². The molecular weight excluding hydrogens is 496 g/mol. The van der Waals surface area contributed by atoms with E-state index in [0.29, 0.717) is 23.1 Å². The second-order valence-corrected chi connectivity index (χ2v) is 9.50. The molecule has 0 saturated carbocycles. The van der Waals surface area contributed by atoms with Crippen LogP contribution in [0.3, 0.4) is 0 Å². The van der Waals surface area contributed by atoms with Crippen LogP contribution in [0.25, 0.3) is 0 Å². The lowest BCUT2D eigenvalue weighted by Gasteiger charge is -2.10. The molecule has 0 aliphatic rings. The molecule has 2 amide bonds. The lowest BCUT2D eigenvalue weighted by atomic mass is 10.3. The third-order valence-corrected chi connectivity index (χ3v) is 6.66. The van der Waals surface area contributed by atoms with Gasteiger partial charge in [-0.15, -0.1) is 0 Å². The highest BCUT2D eigenvalue weighted by molar-refractivity contribution is 7.91. The van der Waals surface area contributed by atoms with Crippen LogP contribution in [0.5, 0.6) is 11.5 Å². The predicted molar refractivity (Wildman–Crippen MR) is 135 cm³/mol. The van der Waals surface area contributed by atoms with Crippen molar-refractivity contribution < 1.29 is 27.5 Å². The van der Waals surface area contributed by atoms with Crippen LogP contribution < -0.4 is 20.1 Å². The number of pyridine rings is 2. The van der Waals surface area contributed by atoms with Gasteiger partial charge in [-0.1, -0.05) is 12.1 Å². The normalized spacial score (nSPS) is 10.8. The van der Waals surface area contributed by atoms with E-state index in [-0.39, 0.29) is 23.0 Å². The van der Waals surface area contributed by atoms with E-state index in [9.17, 15) is 18.0 Å². The van der Waals surface area contributed by atoms with Crippen molar-refractivity contribution in [3.05, 3.63) is 97.3 Å². The maximum absolute atomic E-state index is 13.0. The van der Waals surface area contributed by atoms with Crippen LogP contribution in [0, 0.1) is 0 Å². The number of aromatic nitrogens is 2. The Morgan fingerprint density at radius 1 is 0.622 bits per heavy atom. The highest BCUT2D eigenvalue weighted by Crippen LogP contribution is 2.25. The molecule has 2 aromatic carbocycles. The molecule has 0 spiro atoms. The van der Waals surface area contributed by atoms with Gasteiger partial charge in [-0.2, -0.15) is 0 Å². The molecule has 10 nitrogen and oxygen atoms in total. The van der Waals surface area contributed by atoms with Gasteiger partial charge in [0.15, 0.2) is 13.2 Å². The highest BCUT2D eigenvalue weighted by atomic mass is 32.2. The molecule has 0 bridgehead atoms. The summed E-state index contributed by atoms with van der Waals surface area (Å²) in [5.74, 6) is 0.688. The summed E-state index contributed by atoms with van der Waals surface area (Å²) in [6, 6.07) is 21.7. The SMILES string of the molecule is O=C(COc1ccc(S(=O)(=O)c2ccc(OCC(=O)Nc3ccccn3)cc2)cc1)Nc1ccccn1. The van der Waals surface area contributed by atoms with Gasteiger partial charge in [0.1, 0.15) is 23.1 Å². The first kappa shape index (κ1) is 25.3. The van der Waals surface area contributed by atoms with Crippen molar-refractivity contribution in [2.24, 2.45) is 0 Å². The number of benzene rings is 2. The average molecular weight is 519 g/mol. The predicted octanol–water partition coefficient (Wildman–Crippen LogP) is 3.34. The molecule has 11 heteroatoms. The Balaban J connectivity index is 1.30. The first-order valence-corrected chi connectivity index (χ1v) is 12.5. The minimum absolute atomic E-state index is 0.0567. The van der Waals surface area contributed by atoms with Gasteiger partial charge in [-0.25, -0.2) is 18.4 Å². The van der Waals surface area contributed by atoms with Gasteiger partial charge in [0.25, 0.3) is 11.8 Å². The molecule has 4 aromatic rings. The molecule has 0 unspecified atom stereocenters. The summed E-state index contributed by atoms with van der Waals surface area (Å²) in [4.78, 5) is 32.1. The molecule has 0 atom stereocenters. The fourth-order valence-corrected chi connectivity index (χ4v) is 4.36. The van der Waals surface area contributed by atoms with Crippen molar-refractivity contribution in [1.82, 2.24) is 9.97 Å². The number of nitrogens with one attached hydrogen (secondary N) is 2. The largest absolute Gasteiger partial charge is 0.484 e. The topological polar surface area (TPSA) is 137 Å². The van der Waals surface area contributed by atoms with Crippen molar-refractivity contribution in [2.45, 2.75) is 9.79 Å². The maximum atomic E-state index is 13.0. The van der Waals surface area contributed by atoms with Gasteiger partial charge >= 0.3 is 0 Å². The van der Waals surface area contributed by atoms with E-state index in [4.69, 9.17) is 9.47 Å². The van der Waals surface area contributed by atoms with E-state index < -0.39 is 21.7 Å². The smallest absolute Gasteiger partial charge is 0.263 e. The number of ether oxygens (including phenoxy) is 2. The van der Waals surface area contributed by atoms with E-state index in [2.05, 4.69) is 20.6 Å². The lowest BCUT2D eigenvalue weighted by Crippen LogP contribution is -2.20. The first-order valence-electron chi connectivity index (χ1n) is 11.0. The zero-order valence-electron chi connectivity index (χ0n) is 19.4. The van der Waals surface area contributed by atoms with Crippen molar-refractivity contribution in [3.63, 3.8) is 0 Å². The summed E-state index contributed by atoms with van der Waals surface area (Å²) in [6.45, 7) is -0.520. The van der Waals surface area contributed by atoms with Crippen molar-refractivity contribution in [2.75, 3.05) is 23.8 Å². The van der Waals surface area contributed by atoms with Crippen LogP contribution in [-0.2, 0) is 19.4 Å². The van der Waals surface area contributed by atoms with Gasteiger partial charge in [0.2, 0.25) is 9.84 Å². The van der Waals surface area contributed by atoms with Crippen LogP contribution in [0.2, 0.25) is 0 Å². The highest BCUT2D eigenvalue weighted by Gasteiger charge is 2.18. The molecule has 37 heavy (non-hydrogen) atoms. The van der Waals surface area contributed by atoms with E-state index in [1.807, 2.05) is 0 Å². The molecule has 2 aromatic heterocycles. The van der Waals surface area contributed by atoms with Crippen LogP contribution >= 0.6 is 0 Å². The Morgan fingerprint density at radius 2 is 1.03 bits per heavy atom. The molecule has 0 aliphatic carbocycles. The van der Waals surface area contributed by atoms with Gasteiger partial charge in [-0.05, 0) is 72.8 Å². The lowest BCUT2D eigenvalue weighted by molar-refractivity contribution is -0.118. The van der Waals surface area contributed by atoms with Crippen LogP contribution in [0.15, 0.2) is 107 Å².